The summed E-state index contributed by atoms with van der Waals surface area (Å²) in [5.41, 5.74) is 4.16. The van der Waals surface area contributed by atoms with Gasteiger partial charge < -0.3 is 10.1 Å². The Hall–Kier alpha value is -2.87. The number of ether oxygens (including phenoxy) is 1. The normalized spacial score (nSPS) is 17.0. The first-order valence-corrected chi connectivity index (χ1v) is 10.9. The third-order valence-electron chi connectivity index (χ3n) is 5.85. The number of Topliss-reactive ketones (excluding diaryl/α,β-unsaturated/α-hetero) is 1. The van der Waals surface area contributed by atoms with Crippen LogP contribution < -0.4 is 5.32 Å². The monoisotopic (exact) mass is 423 g/mol. The number of hydrogen-bond acceptors (Lipinski definition) is 4. The molecule has 31 heavy (non-hydrogen) atoms. The fourth-order valence-electron chi connectivity index (χ4n) is 4.57. The van der Waals surface area contributed by atoms with Crippen LogP contribution in [0.2, 0.25) is 0 Å². The molecular weight excluding hydrogens is 390 g/mol. The largest absolute Gasteiger partial charge is 0.430 e. The highest BCUT2D eigenvalue weighted by Crippen LogP contribution is 2.41. The Labute approximate surface area is 185 Å². The van der Waals surface area contributed by atoms with Crippen molar-refractivity contribution in [3.05, 3.63) is 40.1 Å². The third kappa shape index (κ3) is 6.30. The number of benzene rings is 1. The molecule has 1 aliphatic carbocycles. The summed E-state index contributed by atoms with van der Waals surface area (Å²) in [5.74, 6) is 6.30. The molecule has 0 heterocycles. The number of carbonyl (C=O) groups is 3. The van der Waals surface area contributed by atoms with E-state index in [1.54, 1.807) is 6.92 Å². The van der Waals surface area contributed by atoms with Gasteiger partial charge in [0.2, 0.25) is 5.91 Å². The van der Waals surface area contributed by atoms with Gasteiger partial charge in [-0.2, -0.15) is 0 Å². The van der Waals surface area contributed by atoms with E-state index >= 15 is 0 Å². The predicted octanol–water partition coefficient (Wildman–Crippen LogP) is 4.48. The summed E-state index contributed by atoms with van der Waals surface area (Å²) < 4.78 is 5.61. The SMILES string of the molecule is CC#Cc1cc(C)c(C2=C(OC(C)=O)CC(C(CC)CCNC(C)=O)CC2=O)c(C)c1. The Morgan fingerprint density at radius 3 is 2.35 bits per heavy atom. The van der Waals surface area contributed by atoms with Gasteiger partial charge in [0.25, 0.3) is 0 Å². The summed E-state index contributed by atoms with van der Waals surface area (Å²) >= 11 is 0. The highest BCUT2D eigenvalue weighted by atomic mass is 16.5. The second kappa shape index (κ2) is 10.9. The molecule has 0 saturated carbocycles. The number of allylic oxidation sites excluding steroid dienone is 2. The van der Waals surface area contributed by atoms with E-state index in [0.29, 0.717) is 30.7 Å². The smallest absolute Gasteiger partial charge is 0.307 e. The maximum atomic E-state index is 13.4. The van der Waals surface area contributed by atoms with Crippen LogP contribution in [-0.2, 0) is 19.1 Å². The Morgan fingerprint density at radius 1 is 1.19 bits per heavy atom. The Balaban J connectivity index is 2.45. The van der Waals surface area contributed by atoms with E-state index in [-0.39, 0.29) is 23.5 Å². The minimum Gasteiger partial charge on any atom is -0.430 e. The summed E-state index contributed by atoms with van der Waals surface area (Å²) in [7, 11) is 0. The van der Waals surface area contributed by atoms with Crippen LogP contribution in [0.15, 0.2) is 17.9 Å². The molecule has 0 radical (unpaired) electrons. The molecule has 2 rings (SSSR count). The molecule has 0 fully saturated rings. The van der Waals surface area contributed by atoms with Gasteiger partial charge >= 0.3 is 5.97 Å². The van der Waals surface area contributed by atoms with Crippen LogP contribution in [0.4, 0.5) is 0 Å². The zero-order chi connectivity index (χ0) is 23.1. The maximum Gasteiger partial charge on any atom is 0.307 e. The van der Waals surface area contributed by atoms with E-state index in [1.165, 1.54) is 13.8 Å². The first kappa shape index (κ1) is 24.4. The lowest BCUT2D eigenvalue weighted by molar-refractivity contribution is -0.137. The standard InChI is InChI=1S/C26H33NO4/c1-7-9-20-12-16(3)25(17(4)13-20)26-23(30)14-22(15-24(26)31-19(6)29)21(8-2)10-11-27-18(5)28/h12-13,21-22H,8,10-11,14-15H2,1-6H3,(H,27,28). The van der Waals surface area contributed by atoms with Crippen LogP contribution in [0.25, 0.3) is 5.57 Å². The minimum atomic E-state index is -0.420. The molecule has 2 unspecified atom stereocenters. The van der Waals surface area contributed by atoms with Crippen molar-refractivity contribution >= 4 is 23.2 Å². The number of amides is 1. The molecule has 0 bridgehead atoms. The van der Waals surface area contributed by atoms with Gasteiger partial charge in [-0.25, -0.2) is 0 Å². The zero-order valence-electron chi connectivity index (χ0n) is 19.5. The van der Waals surface area contributed by atoms with Crippen molar-refractivity contribution in [3.8, 4) is 11.8 Å². The predicted molar refractivity (Wildman–Crippen MR) is 122 cm³/mol. The van der Waals surface area contributed by atoms with Crippen LogP contribution in [-0.4, -0.2) is 24.2 Å². The summed E-state index contributed by atoms with van der Waals surface area (Å²) in [6, 6.07) is 3.94. The van der Waals surface area contributed by atoms with E-state index in [1.807, 2.05) is 26.0 Å². The Morgan fingerprint density at radius 2 is 1.84 bits per heavy atom. The Bertz CT molecular complexity index is 938. The van der Waals surface area contributed by atoms with Crippen molar-refractivity contribution in [1.82, 2.24) is 5.32 Å². The van der Waals surface area contributed by atoms with Gasteiger partial charge in [0.1, 0.15) is 5.76 Å². The molecule has 1 aliphatic rings. The van der Waals surface area contributed by atoms with Crippen molar-refractivity contribution in [3.63, 3.8) is 0 Å². The van der Waals surface area contributed by atoms with Crippen LogP contribution in [0.5, 0.6) is 0 Å². The number of hydrogen-bond donors (Lipinski definition) is 1. The number of carbonyl (C=O) groups excluding carboxylic acids is 3. The third-order valence-corrected chi connectivity index (χ3v) is 5.85. The van der Waals surface area contributed by atoms with Gasteiger partial charge in [-0.1, -0.05) is 19.3 Å². The van der Waals surface area contributed by atoms with Gasteiger partial charge in [0.05, 0.1) is 5.57 Å². The lowest BCUT2D eigenvalue weighted by Crippen LogP contribution is -2.30. The first-order valence-electron chi connectivity index (χ1n) is 10.9. The quantitative estimate of drug-likeness (QED) is 0.518. The van der Waals surface area contributed by atoms with E-state index in [4.69, 9.17) is 4.74 Å². The molecule has 0 aromatic heterocycles. The summed E-state index contributed by atoms with van der Waals surface area (Å²) in [4.78, 5) is 36.4. The molecule has 5 heteroatoms. The van der Waals surface area contributed by atoms with E-state index in [0.717, 1.165) is 35.1 Å². The molecule has 0 aliphatic heterocycles. The maximum absolute atomic E-state index is 13.4. The van der Waals surface area contributed by atoms with Crippen LogP contribution >= 0.6 is 0 Å². The van der Waals surface area contributed by atoms with Crippen molar-refractivity contribution in [2.24, 2.45) is 11.8 Å². The first-order chi connectivity index (χ1) is 14.7. The minimum absolute atomic E-state index is 0.00556. The highest BCUT2D eigenvalue weighted by molar-refractivity contribution is 6.23. The molecule has 1 aromatic carbocycles. The Kier molecular flexibility index (Phi) is 8.62. The van der Waals surface area contributed by atoms with Crippen molar-refractivity contribution in [1.29, 1.82) is 0 Å². The summed E-state index contributed by atoms with van der Waals surface area (Å²) in [6.07, 6.45) is 2.63. The number of ketones is 1. The molecule has 2 atom stereocenters. The molecule has 1 aromatic rings. The number of rotatable bonds is 7. The van der Waals surface area contributed by atoms with Gasteiger partial charge in [0.15, 0.2) is 5.78 Å². The van der Waals surface area contributed by atoms with Crippen molar-refractivity contribution in [2.45, 2.75) is 67.2 Å². The molecule has 5 nitrogen and oxygen atoms in total. The van der Waals surface area contributed by atoms with Gasteiger partial charge in [-0.3, -0.25) is 14.4 Å². The number of aryl methyl sites for hydroxylation is 2. The van der Waals surface area contributed by atoms with Crippen molar-refractivity contribution < 1.29 is 19.1 Å². The fraction of sp³-hybridized carbons (Fsp3) is 0.500. The lowest BCUT2D eigenvalue weighted by Gasteiger charge is -2.32. The molecule has 1 amide bonds. The average molecular weight is 424 g/mol. The topological polar surface area (TPSA) is 72.5 Å². The van der Waals surface area contributed by atoms with Gasteiger partial charge in [-0.15, -0.1) is 5.92 Å². The van der Waals surface area contributed by atoms with Crippen molar-refractivity contribution in [2.75, 3.05) is 6.54 Å². The molecule has 0 saturated heterocycles. The number of nitrogens with one attached hydrogen (secondary N) is 1. The second-order valence-electron chi connectivity index (χ2n) is 8.28. The molecular formula is C26H33NO4. The summed E-state index contributed by atoms with van der Waals surface area (Å²) in [6.45, 7) is 11.3. The highest BCUT2D eigenvalue weighted by Gasteiger charge is 2.35. The van der Waals surface area contributed by atoms with Crippen LogP contribution in [0.1, 0.15) is 75.6 Å². The molecule has 1 N–H and O–H groups in total. The number of esters is 1. The van der Waals surface area contributed by atoms with Crippen LogP contribution in [0, 0.1) is 37.5 Å². The lowest BCUT2D eigenvalue weighted by atomic mass is 9.74. The molecule has 166 valence electrons. The van der Waals surface area contributed by atoms with Gasteiger partial charge in [-0.05, 0) is 67.9 Å². The zero-order valence-corrected chi connectivity index (χ0v) is 19.5. The fourth-order valence-corrected chi connectivity index (χ4v) is 4.57. The summed E-state index contributed by atoms with van der Waals surface area (Å²) in [5, 5.41) is 2.84. The van der Waals surface area contributed by atoms with E-state index < -0.39 is 5.97 Å². The average Bonchev–Trinajstić information content (AvgIpc) is 2.66. The van der Waals surface area contributed by atoms with E-state index in [2.05, 4.69) is 24.1 Å². The van der Waals surface area contributed by atoms with E-state index in [9.17, 15) is 14.4 Å². The van der Waals surface area contributed by atoms with Crippen LogP contribution in [0.3, 0.4) is 0 Å². The second-order valence-corrected chi connectivity index (χ2v) is 8.28. The van der Waals surface area contributed by atoms with Gasteiger partial charge in [0, 0.05) is 38.8 Å². The molecule has 0 spiro atoms.